The Morgan fingerprint density at radius 1 is 1.04 bits per heavy atom. The zero-order valence-corrected chi connectivity index (χ0v) is 33.0. The number of carbonyl (C=O) groups is 6. The highest BCUT2D eigenvalue weighted by Crippen LogP contribution is 2.46. The maximum atomic E-state index is 14.5. The summed E-state index contributed by atoms with van der Waals surface area (Å²) in [7, 11) is -3.94. The second kappa shape index (κ2) is 16.5. The third-order valence-electron chi connectivity index (χ3n) is 10.8. The fourth-order valence-electron chi connectivity index (χ4n) is 7.63. The van der Waals surface area contributed by atoms with Gasteiger partial charge in [-0.3, -0.25) is 33.6 Å². The van der Waals surface area contributed by atoms with Gasteiger partial charge in [0.05, 0.1) is 18.3 Å². The number of nitrogens with zero attached hydrogens (tertiary/aromatic N) is 2. The molecule has 0 spiro atoms. The molecule has 6 rings (SSSR count). The summed E-state index contributed by atoms with van der Waals surface area (Å²) < 4.78 is 53.4. The summed E-state index contributed by atoms with van der Waals surface area (Å²) in [5.41, 5.74) is -1.23. The van der Waals surface area contributed by atoms with Crippen LogP contribution in [0.5, 0.6) is 0 Å². The van der Waals surface area contributed by atoms with Crippen LogP contribution in [-0.4, -0.2) is 95.0 Å². The predicted octanol–water partition coefficient (Wildman–Crippen LogP) is 3.25. The Labute approximate surface area is 326 Å². The van der Waals surface area contributed by atoms with E-state index in [4.69, 9.17) is 9.47 Å². The molecule has 2 aliphatic carbocycles. The van der Waals surface area contributed by atoms with E-state index in [0.717, 1.165) is 6.42 Å². The molecule has 0 radical (unpaired) electrons. The van der Waals surface area contributed by atoms with Crippen LogP contribution in [0.25, 0.3) is 0 Å². The molecule has 17 heteroatoms. The van der Waals surface area contributed by atoms with Crippen LogP contribution < -0.4 is 15.4 Å². The molecule has 306 valence electrons. The minimum atomic E-state index is -3.94. The Morgan fingerprint density at radius 2 is 1.80 bits per heavy atom. The first-order valence-corrected chi connectivity index (χ1v) is 21.1. The third kappa shape index (κ3) is 9.87. The summed E-state index contributed by atoms with van der Waals surface area (Å²) in [6.07, 6.45) is 5.89. The van der Waals surface area contributed by atoms with E-state index in [1.165, 1.54) is 15.9 Å². The van der Waals surface area contributed by atoms with Crippen LogP contribution in [0.4, 0.5) is 9.18 Å². The van der Waals surface area contributed by atoms with Crippen molar-refractivity contribution in [1.29, 1.82) is 0 Å². The van der Waals surface area contributed by atoms with E-state index in [9.17, 15) is 41.6 Å². The fourth-order valence-corrected chi connectivity index (χ4v) is 8.99. The Bertz CT molecular complexity index is 1880. The Hall–Kier alpha value is -4.54. The number of halogens is 1. The average Bonchev–Trinajstić information content (AvgIpc) is 4.00. The molecule has 0 bridgehead atoms. The van der Waals surface area contributed by atoms with Crippen LogP contribution in [0.1, 0.15) is 109 Å². The third-order valence-corrected chi connectivity index (χ3v) is 12.7. The Kier molecular flexibility index (Phi) is 12.1. The highest BCUT2D eigenvalue weighted by Gasteiger charge is 2.62. The van der Waals surface area contributed by atoms with Gasteiger partial charge in [-0.1, -0.05) is 37.1 Å². The first-order chi connectivity index (χ1) is 26.5. The van der Waals surface area contributed by atoms with E-state index in [0.29, 0.717) is 43.2 Å². The molecule has 5 aliphatic rings. The highest BCUT2D eigenvalue weighted by atomic mass is 32.2. The van der Waals surface area contributed by atoms with E-state index < -0.39 is 92.0 Å². The molecule has 3 heterocycles. The zero-order valence-electron chi connectivity index (χ0n) is 32.1. The summed E-state index contributed by atoms with van der Waals surface area (Å²) >= 11 is 0. The molecule has 0 unspecified atom stereocenters. The van der Waals surface area contributed by atoms with E-state index >= 15 is 0 Å². The lowest BCUT2D eigenvalue weighted by molar-refractivity contribution is -0.155. The monoisotopic (exact) mass is 801 g/mol. The first kappa shape index (κ1) is 41.1. The predicted molar refractivity (Wildman–Crippen MR) is 199 cm³/mol. The second-order valence-corrected chi connectivity index (χ2v) is 18.5. The topological polar surface area (TPSA) is 198 Å². The van der Waals surface area contributed by atoms with Crippen molar-refractivity contribution >= 4 is 45.7 Å². The Morgan fingerprint density at radius 3 is 2.52 bits per heavy atom. The van der Waals surface area contributed by atoms with E-state index in [-0.39, 0.29) is 58.2 Å². The number of allylic oxidation sites excluding steroid dienone is 1. The number of fused-ring (bicyclic) bond motifs is 3. The van der Waals surface area contributed by atoms with E-state index in [1.54, 1.807) is 32.9 Å². The van der Waals surface area contributed by atoms with Gasteiger partial charge in [-0.25, -0.2) is 17.6 Å². The summed E-state index contributed by atoms with van der Waals surface area (Å²) in [5, 5.41) is 4.91. The molecule has 0 aromatic heterocycles. The number of hydrogen-bond acceptors (Lipinski definition) is 10. The number of esters is 1. The zero-order chi connectivity index (χ0) is 40.4. The maximum Gasteiger partial charge on any atom is 0.410 e. The Balaban J connectivity index is 1.21. The molecule has 5 atom stereocenters. The standard InChI is InChI=1S/C39H52FN5O10S/c1-38(2,3)55-33(47)16-10-15-32(46)41-30-14-8-6-4-5-7-12-25-20-39(25,36(50)43-56(52,53)27-17-18-27)42-34(48)31-19-26(22-45(31)35(30)49)54-37(51)44-21-24-11-9-13-29(40)28(24)23-44/h7,9,11-13,25-27,30-31H,4-6,8,10,14-23H2,1-3H3,(H,41,46)(H,42,48)(H,43,50)/b12-7-/t25-,26-,30+,31+,39-/m1/s1. The fraction of sp³-hybridized carbons (Fsp3) is 0.641. The molecule has 2 saturated carbocycles. The number of rotatable bonds is 9. The minimum absolute atomic E-state index is 0.00522. The van der Waals surface area contributed by atoms with Gasteiger partial charge in [-0.2, -0.15) is 0 Å². The van der Waals surface area contributed by atoms with Crippen molar-refractivity contribution in [2.75, 3.05) is 6.54 Å². The number of carbonyl (C=O) groups excluding carboxylic acids is 6. The van der Waals surface area contributed by atoms with Crippen molar-refractivity contribution in [2.45, 2.75) is 145 Å². The van der Waals surface area contributed by atoms with E-state index in [1.807, 2.05) is 12.2 Å². The SMILES string of the molecule is CC(C)(C)OC(=O)CCCC(=O)N[C@H]1CCCCC/C=C\[C@@H]2C[C@@]2(C(=O)NS(=O)(=O)C2CC2)NC(=O)[C@@H]2C[C@@H](OC(=O)N3Cc4cccc(F)c4C3)CN2C1=O. The largest absolute Gasteiger partial charge is 0.460 e. The number of sulfonamides is 1. The van der Waals surface area contributed by atoms with E-state index in [2.05, 4.69) is 15.4 Å². The summed E-state index contributed by atoms with van der Waals surface area (Å²) in [4.78, 5) is 83.7. The molecule has 1 aromatic rings. The number of benzene rings is 1. The summed E-state index contributed by atoms with van der Waals surface area (Å²) in [5.74, 6) is -4.03. The highest BCUT2D eigenvalue weighted by molar-refractivity contribution is 7.91. The van der Waals surface area contributed by atoms with Crippen molar-refractivity contribution in [1.82, 2.24) is 25.2 Å². The summed E-state index contributed by atoms with van der Waals surface area (Å²) in [6.45, 7) is 5.13. The molecule has 5 amide bonds. The second-order valence-electron chi connectivity index (χ2n) is 16.6. The number of hydrogen-bond donors (Lipinski definition) is 3. The quantitative estimate of drug-likeness (QED) is 0.246. The lowest BCUT2D eigenvalue weighted by atomic mass is 10.0. The lowest BCUT2D eigenvalue weighted by Crippen LogP contribution is -2.58. The van der Waals surface area contributed by atoms with Crippen LogP contribution in [-0.2, 0) is 56.6 Å². The van der Waals surface area contributed by atoms with Gasteiger partial charge in [0.15, 0.2) is 0 Å². The minimum Gasteiger partial charge on any atom is -0.460 e. The van der Waals surface area contributed by atoms with Gasteiger partial charge in [0.1, 0.15) is 35.1 Å². The van der Waals surface area contributed by atoms with Crippen molar-refractivity contribution in [2.24, 2.45) is 5.92 Å². The van der Waals surface area contributed by atoms with Crippen LogP contribution in [0.2, 0.25) is 0 Å². The van der Waals surface area contributed by atoms with Crippen LogP contribution in [0, 0.1) is 11.7 Å². The smallest absolute Gasteiger partial charge is 0.410 e. The molecule has 15 nitrogen and oxygen atoms in total. The van der Waals surface area contributed by atoms with Crippen LogP contribution >= 0.6 is 0 Å². The molecule has 1 saturated heterocycles. The van der Waals surface area contributed by atoms with Gasteiger partial charge >= 0.3 is 12.1 Å². The maximum absolute atomic E-state index is 14.5. The van der Waals surface area contributed by atoms with Gasteiger partial charge in [0.25, 0.3) is 5.91 Å². The van der Waals surface area contributed by atoms with Gasteiger partial charge in [0, 0.05) is 37.3 Å². The number of ether oxygens (including phenoxy) is 2. The molecule has 3 fully saturated rings. The molecule has 3 N–H and O–H groups in total. The molecule has 3 aliphatic heterocycles. The normalized spacial score (nSPS) is 27.4. The summed E-state index contributed by atoms with van der Waals surface area (Å²) in [6, 6.07) is 2.28. The lowest BCUT2D eigenvalue weighted by Gasteiger charge is -2.30. The van der Waals surface area contributed by atoms with Crippen molar-refractivity contribution in [3.8, 4) is 0 Å². The van der Waals surface area contributed by atoms with Crippen molar-refractivity contribution in [3.63, 3.8) is 0 Å². The molecular formula is C39H52FN5O10S. The molecule has 56 heavy (non-hydrogen) atoms. The molecular weight excluding hydrogens is 750 g/mol. The van der Waals surface area contributed by atoms with Gasteiger partial charge in [-0.05, 0) is 77.3 Å². The van der Waals surface area contributed by atoms with Gasteiger partial charge in [0.2, 0.25) is 27.7 Å². The number of amides is 5. The van der Waals surface area contributed by atoms with Crippen LogP contribution in [0.15, 0.2) is 30.4 Å². The van der Waals surface area contributed by atoms with Gasteiger partial charge < -0.3 is 25.0 Å². The van der Waals surface area contributed by atoms with Crippen molar-refractivity contribution < 1.29 is 51.0 Å². The average molecular weight is 802 g/mol. The first-order valence-electron chi connectivity index (χ1n) is 19.5. The van der Waals surface area contributed by atoms with Crippen LogP contribution in [0.3, 0.4) is 0 Å². The van der Waals surface area contributed by atoms with Gasteiger partial charge in [-0.15, -0.1) is 0 Å². The van der Waals surface area contributed by atoms with Crippen molar-refractivity contribution in [3.05, 3.63) is 47.3 Å². The molecule has 1 aromatic carbocycles. The number of nitrogens with one attached hydrogen (secondary N) is 3.